The highest BCUT2D eigenvalue weighted by molar-refractivity contribution is 4.96. The number of hydrogen-bond donors (Lipinski definition) is 1. The molecular weight excluding hydrogens is 244 g/mol. The highest BCUT2D eigenvalue weighted by Gasteiger charge is 2.39. The summed E-state index contributed by atoms with van der Waals surface area (Å²) in [5.41, 5.74) is 6.62. The molecule has 0 spiro atoms. The van der Waals surface area contributed by atoms with Crippen LogP contribution in [-0.2, 0) is 0 Å². The van der Waals surface area contributed by atoms with Crippen molar-refractivity contribution in [2.45, 2.75) is 77.7 Å². The van der Waals surface area contributed by atoms with E-state index in [0.717, 1.165) is 24.3 Å². The zero-order chi connectivity index (χ0) is 14.6. The molecule has 2 fully saturated rings. The molecule has 2 aliphatic rings. The lowest BCUT2D eigenvalue weighted by atomic mass is 9.81. The van der Waals surface area contributed by atoms with Gasteiger partial charge in [0.05, 0.1) is 0 Å². The third-order valence-electron chi connectivity index (χ3n) is 6.38. The molecule has 118 valence electrons. The van der Waals surface area contributed by atoms with Gasteiger partial charge in [-0.15, -0.1) is 0 Å². The summed E-state index contributed by atoms with van der Waals surface area (Å²) in [6.07, 6.45) is 11.0. The molecular formula is C18H36N2. The van der Waals surface area contributed by atoms with Crippen molar-refractivity contribution in [1.29, 1.82) is 0 Å². The van der Waals surface area contributed by atoms with Gasteiger partial charge in [0, 0.05) is 12.1 Å². The Morgan fingerprint density at radius 2 is 1.80 bits per heavy atom. The number of piperidine rings is 1. The summed E-state index contributed by atoms with van der Waals surface area (Å²) < 4.78 is 0. The lowest BCUT2D eigenvalue weighted by Gasteiger charge is -2.47. The molecule has 0 radical (unpaired) electrons. The van der Waals surface area contributed by atoms with E-state index in [1.165, 1.54) is 64.5 Å². The van der Waals surface area contributed by atoms with Crippen molar-refractivity contribution in [3.8, 4) is 0 Å². The molecule has 2 rings (SSSR count). The van der Waals surface area contributed by atoms with Crippen molar-refractivity contribution in [2.75, 3.05) is 19.6 Å². The SMILES string of the molecule is CCC1CCCC(CN)(N2CCC(C(C)C)CC2)CC1. The average Bonchev–Trinajstić information content (AvgIpc) is 2.70. The van der Waals surface area contributed by atoms with Crippen molar-refractivity contribution < 1.29 is 0 Å². The summed E-state index contributed by atoms with van der Waals surface area (Å²) in [4.78, 5) is 2.78. The first-order valence-corrected chi connectivity index (χ1v) is 9.06. The van der Waals surface area contributed by atoms with Gasteiger partial charge in [-0.05, 0) is 62.9 Å². The first-order valence-electron chi connectivity index (χ1n) is 9.06. The number of nitrogens with zero attached hydrogens (tertiary/aromatic N) is 1. The normalized spacial score (nSPS) is 34.4. The number of rotatable bonds is 4. The van der Waals surface area contributed by atoms with Gasteiger partial charge in [-0.25, -0.2) is 0 Å². The van der Waals surface area contributed by atoms with Crippen LogP contribution in [0.15, 0.2) is 0 Å². The monoisotopic (exact) mass is 280 g/mol. The molecule has 2 N–H and O–H groups in total. The number of nitrogens with two attached hydrogens (primary N) is 1. The van der Waals surface area contributed by atoms with E-state index in [4.69, 9.17) is 5.73 Å². The van der Waals surface area contributed by atoms with Gasteiger partial charge in [-0.3, -0.25) is 4.90 Å². The second-order valence-electron chi connectivity index (χ2n) is 7.70. The number of hydrogen-bond acceptors (Lipinski definition) is 2. The quantitative estimate of drug-likeness (QED) is 0.787. The summed E-state index contributed by atoms with van der Waals surface area (Å²) in [6, 6.07) is 0. The lowest BCUT2D eigenvalue weighted by Crippen LogP contribution is -2.56. The van der Waals surface area contributed by atoms with Crippen LogP contribution in [0.2, 0.25) is 0 Å². The Labute approximate surface area is 126 Å². The van der Waals surface area contributed by atoms with Crippen LogP contribution in [-0.4, -0.2) is 30.1 Å². The first kappa shape index (κ1) is 16.3. The van der Waals surface area contributed by atoms with Crippen molar-refractivity contribution in [1.82, 2.24) is 4.90 Å². The zero-order valence-corrected chi connectivity index (χ0v) is 14.0. The predicted molar refractivity (Wildman–Crippen MR) is 87.8 cm³/mol. The summed E-state index contributed by atoms with van der Waals surface area (Å²) in [7, 11) is 0. The van der Waals surface area contributed by atoms with Crippen molar-refractivity contribution in [3.05, 3.63) is 0 Å². The maximum atomic E-state index is 6.28. The fourth-order valence-electron chi connectivity index (χ4n) is 4.56. The van der Waals surface area contributed by atoms with Gasteiger partial charge < -0.3 is 5.73 Å². The molecule has 0 aromatic carbocycles. The third kappa shape index (κ3) is 3.57. The standard InChI is InChI=1S/C18H36N2/c1-4-16-6-5-10-18(14-19,11-7-16)20-12-8-17(9-13-20)15(2)3/h15-17H,4-14,19H2,1-3H3. The van der Waals surface area contributed by atoms with Crippen molar-refractivity contribution in [2.24, 2.45) is 23.5 Å². The van der Waals surface area contributed by atoms with Gasteiger partial charge in [0.2, 0.25) is 0 Å². The molecule has 2 nitrogen and oxygen atoms in total. The molecule has 1 aliphatic carbocycles. The second-order valence-corrected chi connectivity index (χ2v) is 7.70. The second kappa shape index (κ2) is 7.26. The highest BCUT2D eigenvalue weighted by atomic mass is 15.2. The van der Waals surface area contributed by atoms with Crippen LogP contribution in [0, 0.1) is 17.8 Å². The number of likely N-dealkylation sites (tertiary alicyclic amines) is 1. The fourth-order valence-corrected chi connectivity index (χ4v) is 4.56. The van der Waals surface area contributed by atoms with E-state index < -0.39 is 0 Å². The highest BCUT2D eigenvalue weighted by Crippen LogP contribution is 2.38. The summed E-state index contributed by atoms with van der Waals surface area (Å²) in [5.74, 6) is 2.75. The van der Waals surface area contributed by atoms with Crippen LogP contribution >= 0.6 is 0 Å². The van der Waals surface area contributed by atoms with Gasteiger partial charge in [-0.1, -0.05) is 40.0 Å². The van der Waals surface area contributed by atoms with Gasteiger partial charge in [-0.2, -0.15) is 0 Å². The minimum atomic E-state index is 0.339. The van der Waals surface area contributed by atoms with Crippen LogP contribution in [0.5, 0.6) is 0 Å². The maximum Gasteiger partial charge on any atom is 0.0331 e. The lowest BCUT2D eigenvalue weighted by molar-refractivity contribution is 0.0341. The molecule has 0 amide bonds. The molecule has 0 aromatic heterocycles. The van der Waals surface area contributed by atoms with Crippen LogP contribution in [0.3, 0.4) is 0 Å². The Hall–Kier alpha value is -0.0800. The third-order valence-corrected chi connectivity index (χ3v) is 6.38. The van der Waals surface area contributed by atoms with E-state index in [2.05, 4.69) is 25.7 Å². The minimum absolute atomic E-state index is 0.339. The average molecular weight is 281 g/mol. The molecule has 1 aliphatic heterocycles. The summed E-state index contributed by atoms with van der Waals surface area (Å²) in [5, 5.41) is 0. The summed E-state index contributed by atoms with van der Waals surface area (Å²) in [6.45, 7) is 10.6. The molecule has 2 heteroatoms. The molecule has 1 saturated carbocycles. The molecule has 2 atom stereocenters. The Morgan fingerprint density at radius 1 is 1.10 bits per heavy atom. The first-order chi connectivity index (χ1) is 9.61. The van der Waals surface area contributed by atoms with Crippen molar-refractivity contribution >= 4 is 0 Å². The van der Waals surface area contributed by atoms with Crippen LogP contribution in [0.1, 0.15) is 72.1 Å². The summed E-state index contributed by atoms with van der Waals surface area (Å²) >= 11 is 0. The smallest absolute Gasteiger partial charge is 0.0331 e. The Bertz CT molecular complexity index is 281. The Balaban J connectivity index is 1.97. The van der Waals surface area contributed by atoms with E-state index in [1.54, 1.807) is 0 Å². The maximum absolute atomic E-state index is 6.28. The largest absolute Gasteiger partial charge is 0.329 e. The molecule has 0 aromatic rings. The Morgan fingerprint density at radius 3 is 2.35 bits per heavy atom. The molecule has 1 heterocycles. The van der Waals surface area contributed by atoms with E-state index in [0.29, 0.717) is 5.54 Å². The molecule has 20 heavy (non-hydrogen) atoms. The van der Waals surface area contributed by atoms with Gasteiger partial charge in [0.25, 0.3) is 0 Å². The van der Waals surface area contributed by atoms with Gasteiger partial charge in [0.1, 0.15) is 0 Å². The predicted octanol–water partition coefficient (Wildman–Crippen LogP) is 4.04. The molecule has 2 unspecified atom stereocenters. The Kier molecular flexibility index (Phi) is 5.92. The minimum Gasteiger partial charge on any atom is -0.329 e. The van der Waals surface area contributed by atoms with Crippen LogP contribution in [0.4, 0.5) is 0 Å². The fraction of sp³-hybridized carbons (Fsp3) is 1.00. The zero-order valence-electron chi connectivity index (χ0n) is 14.0. The van der Waals surface area contributed by atoms with E-state index in [9.17, 15) is 0 Å². The van der Waals surface area contributed by atoms with Crippen LogP contribution in [0.25, 0.3) is 0 Å². The van der Waals surface area contributed by atoms with Crippen molar-refractivity contribution in [3.63, 3.8) is 0 Å². The topological polar surface area (TPSA) is 29.3 Å². The molecule has 1 saturated heterocycles. The van der Waals surface area contributed by atoms with E-state index in [-0.39, 0.29) is 0 Å². The molecule has 0 bridgehead atoms. The van der Waals surface area contributed by atoms with Crippen LogP contribution < -0.4 is 5.73 Å². The van der Waals surface area contributed by atoms with Gasteiger partial charge >= 0.3 is 0 Å². The van der Waals surface area contributed by atoms with E-state index in [1.807, 2.05) is 0 Å². The van der Waals surface area contributed by atoms with E-state index >= 15 is 0 Å². The van der Waals surface area contributed by atoms with Gasteiger partial charge in [0.15, 0.2) is 0 Å².